The fourth-order valence-electron chi connectivity index (χ4n) is 5.07. The third-order valence-corrected chi connectivity index (χ3v) is 6.91. The van der Waals surface area contributed by atoms with Gasteiger partial charge in [-0.1, -0.05) is 5.16 Å². The van der Waals surface area contributed by atoms with Crippen molar-refractivity contribution in [3.8, 4) is 16.9 Å². The maximum Gasteiger partial charge on any atom is 0.145 e. The largest absolute Gasteiger partial charge is 0.496 e. The standard InChI is InChI=1S/C26H29N7O2/c1-7-33-26(12(2)23(31-33)16-8-9-16)30-25-22-17-11-20(34-6)18(21-13(3)32-35-14(21)4)10-19(17)29-24(22)27-15(5)28-25/h10-11,16H,7-9H2,1-6H3,(H2,27,28,29,30). The van der Waals surface area contributed by atoms with E-state index in [0.29, 0.717) is 11.7 Å². The maximum atomic E-state index is 5.82. The zero-order valence-corrected chi connectivity index (χ0v) is 20.9. The van der Waals surface area contributed by atoms with E-state index < -0.39 is 0 Å². The van der Waals surface area contributed by atoms with E-state index >= 15 is 0 Å². The van der Waals surface area contributed by atoms with E-state index in [4.69, 9.17) is 24.3 Å². The second kappa shape index (κ2) is 7.83. The topological polar surface area (TPSA) is 107 Å². The Morgan fingerprint density at radius 2 is 1.97 bits per heavy atom. The van der Waals surface area contributed by atoms with Gasteiger partial charge in [-0.15, -0.1) is 0 Å². The van der Waals surface area contributed by atoms with Gasteiger partial charge < -0.3 is 19.6 Å². The number of ether oxygens (including phenoxy) is 1. The number of fused-ring (bicyclic) bond motifs is 3. The Hall–Kier alpha value is -3.88. The first kappa shape index (κ1) is 21.6. The molecule has 6 rings (SSSR count). The molecule has 1 fully saturated rings. The van der Waals surface area contributed by atoms with Gasteiger partial charge in [-0.05, 0) is 59.6 Å². The highest BCUT2D eigenvalue weighted by molar-refractivity contribution is 6.13. The highest BCUT2D eigenvalue weighted by Crippen LogP contribution is 2.44. The molecule has 0 spiro atoms. The molecule has 1 saturated carbocycles. The van der Waals surface area contributed by atoms with Crippen LogP contribution in [0.5, 0.6) is 5.75 Å². The third-order valence-electron chi connectivity index (χ3n) is 6.91. The number of methoxy groups -OCH3 is 1. The normalized spacial score (nSPS) is 13.8. The molecular weight excluding hydrogens is 442 g/mol. The molecule has 0 amide bonds. The number of benzene rings is 1. The van der Waals surface area contributed by atoms with Crippen molar-refractivity contribution in [1.29, 1.82) is 0 Å². The predicted octanol–water partition coefficient (Wildman–Crippen LogP) is 5.85. The highest BCUT2D eigenvalue weighted by Gasteiger charge is 2.30. The number of H-pyrrole nitrogens is 1. The lowest BCUT2D eigenvalue weighted by atomic mass is 10.0. The minimum Gasteiger partial charge on any atom is -0.496 e. The van der Waals surface area contributed by atoms with Gasteiger partial charge in [0.05, 0.1) is 29.4 Å². The Balaban J connectivity index is 1.56. The third kappa shape index (κ3) is 3.37. The zero-order valence-electron chi connectivity index (χ0n) is 20.9. The molecule has 1 aliphatic carbocycles. The molecule has 9 heteroatoms. The number of aromatic amines is 1. The number of rotatable bonds is 6. The van der Waals surface area contributed by atoms with E-state index in [1.165, 1.54) is 24.1 Å². The van der Waals surface area contributed by atoms with Crippen molar-refractivity contribution in [2.75, 3.05) is 12.4 Å². The molecule has 0 bridgehead atoms. The summed E-state index contributed by atoms with van der Waals surface area (Å²) in [5.41, 5.74) is 6.80. The van der Waals surface area contributed by atoms with Crippen molar-refractivity contribution < 1.29 is 9.26 Å². The summed E-state index contributed by atoms with van der Waals surface area (Å²) < 4.78 is 13.3. The van der Waals surface area contributed by atoms with Gasteiger partial charge in [0, 0.05) is 34.5 Å². The number of aromatic nitrogens is 6. The summed E-state index contributed by atoms with van der Waals surface area (Å²) >= 11 is 0. The van der Waals surface area contributed by atoms with Gasteiger partial charge in [-0.25, -0.2) is 14.6 Å². The summed E-state index contributed by atoms with van der Waals surface area (Å²) in [6.45, 7) is 10.8. The summed E-state index contributed by atoms with van der Waals surface area (Å²) in [6, 6.07) is 4.12. The molecule has 4 aromatic heterocycles. The zero-order chi connectivity index (χ0) is 24.4. The molecule has 9 nitrogen and oxygen atoms in total. The Morgan fingerprint density at radius 3 is 2.63 bits per heavy atom. The monoisotopic (exact) mass is 471 g/mol. The molecule has 5 aromatic rings. The lowest BCUT2D eigenvalue weighted by Crippen LogP contribution is -2.06. The van der Waals surface area contributed by atoms with Crippen LogP contribution in [0.3, 0.4) is 0 Å². The SMILES string of the molecule is CCn1nc(C2CC2)c(C)c1Nc1nc(C)nc2[nH]c3cc(-c4c(C)noc4C)c(OC)cc3c12. The molecule has 0 atom stereocenters. The van der Waals surface area contributed by atoms with Crippen molar-refractivity contribution in [2.45, 2.75) is 59.9 Å². The van der Waals surface area contributed by atoms with E-state index in [1.54, 1.807) is 7.11 Å². The fraction of sp³-hybridized carbons (Fsp3) is 0.385. The molecule has 1 aliphatic rings. The lowest BCUT2D eigenvalue weighted by molar-refractivity contribution is 0.393. The minimum atomic E-state index is 0.579. The highest BCUT2D eigenvalue weighted by atomic mass is 16.5. The summed E-state index contributed by atoms with van der Waals surface area (Å²) in [6.07, 6.45) is 2.43. The number of nitrogens with zero attached hydrogens (tertiary/aromatic N) is 5. The summed E-state index contributed by atoms with van der Waals surface area (Å²) in [5, 5.41) is 14.5. The number of hydrogen-bond acceptors (Lipinski definition) is 7. The molecular formula is C26H29N7O2. The van der Waals surface area contributed by atoms with Gasteiger partial charge in [0.1, 0.15) is 34.6 Å². The Kier molecular flexibility index (Phi) is 4.84. The molecule has 2 N–H and O–H groups in total. The van der Waals surface area contributed by atoms with Gasteiger partial charge in [-0.2, -0.15) is 5.10 Å². The average Bonchev–Trinajstić information content (AvgIpc) is 3.44. The predicted molar refractivity (Wildman–Crippen MR) is 136 cm³/mol. The van der Waals surface area contributed by atoms with Crippen molar-refractivity contribution in [1.82, 2.24) is 29.9 Å². The van der Waals surface area contributed by atoms with Crippen LogP contribution in [0.2, 0.25) is 0 Å². The quantitative estimate of drug-likeness (QED) is 0.320. The maximum absolute atomic E-state index is 5.82. The van der Waals surface area contributed by atoms with Crippen LogP contribution in [0.25, 0.3) is 33.1 Å². The summed E-state index contributed by atoms with van der Waals surface area (Å²) in [4.78, 5) is 13.0. The van der Waals surface area contributed by atoms with E-state index in [-0.39, 0.29) is 0 Å². The lowest BCUT2D eigenvalue weighted by Gasteiger charge is -2.12. The van der Waals surface area contributed by atoms with E-state index in [0.717, 1.165) is 68.4 Å². The van der Waals surface area contributed by atoms with Gasteiger partial charge >= 0.3 is 0 Å². The molecule has 0 aliphatic heterocycles. The first-order valence-electron chi connectivity index (χ1n) is 12.0. The molecule has 0 saturated heterocycles. The number of anilines is 2. The Morgan fingerprint density at radius 1 is 1.17 bits per heavy atom. The van der Waals surface area contributed by atoms with Crippen LogP contribution < -0.4 is 10.1 Å². The van der Waals surface area contributed by atoms with Gasteiger partial charge in [-0.3, -0.25) is 0 Å². The Labute approximate surface area is 202 Å². The van der Waals surface area contributed by atoms with Crippen molar-refractivity contribution in [3.63, 3.8) is 0 Å². The number of hydrogen-bond donors (Lipinski definition) is 2. The Bertz CT molecular complexity index is 1580. The fourth-order valence-corrected chi connectivity index (χ4v) is 5.07. The van der Waals surface area contributed by atoms with Gasteiger partial charge in [0.25, 0.3) is 0 Å². The smallest absolute Gasteiger partial charge is 0.145 e. The number of aryl methyl sites for hydroxylation is 4. The van der Waals surface area contributed by atoms with Crippen LogP contribution in [0.15, 0.2) is 16.7 Å². The van der Waals surface area contributed by atoms with Gasteiger partial charge in [0.15, 0.2) is 0 Å². The molecule has 35 heavy (non-hydrogen) atoms. The van der Waals surface area contributed by atoms with E-state index in [2.05, 4.69) is 35.4 Å². The average molecular weight is 472 g/mol. The molecule has 0 radical (unpaired) electrons. The second-order valence-corrected chi connectivity index (χ2v) is 9.34. The molecule has 4 heterocycles. The van der Waals surface area contributed by atoms with E-state index in [1.807, 2.05) is 31.5 Å². The second-order valence-electron chi connectivity index (χ2n) is 9.34. The van der Waals surface area contributed by atoms with Crippen molar-refractivity contribution in [3.05, 3.63) is 40.7 Å². The van der Waals surface area contributed by atoms with Crippen LogP contribution >= 0.6 is 0 Å². The van der Waals surface area contributed by atoms with Crippen LogP contribution in [-0.2, 0) is 6.54 Å². The van der Waals surface area contributed by atoms with Crippen LogP contribution in [-0.4, -0.2) is 37.0 Å². The first-order chi connectivity index (χ1) is 16.9. The molecule has 0 unspecified atom stereocenters. The molecule has 180 valence electrons. The van der Waals surface area contributed by atoms with Crippen molar-refractivity contribution in [2.24, 2.45) is 0 Å². The summed E-state index contributed by atoms with van der Waals surface area (Å²) in [7, 11) is 1.68. The van der Waals surface area contributed by atoms with Crippen LogP contribution in [0.4, 0.5) is 11.6 Å². The first-order valence-corrected chi connectivity index (χ1v) is 12.0. The van der Waals surface area contributed by atoms with Crippen molar-refractivity contribution >= 4 is 33.6 Å². The molecule has 1 aromatic carbocycles. The van der Waals surface area contributed by atoms with Gasteiger partial charge in [0.2, 0.25) is 0 Å². The van der Waals surface area contributed by atoms with Crippen LogP contribution in [0.1, 0.15) is 54.2 Å². The summed E-state index contributed by atoms with van der Waals surface area (Å²) in [5.74, 6) is 4.50. The van der Waals surface area contributed by atoms with Crippen LogP contribution in [0, 0.1) is 27.7 Å². The number of nitrogens with one attached hydrogen (secondary N) is 2. The van der Waals surface area contributed by atoms with E-state index in [9.17, 15) is 0 Å². The minimum absolute atomic E-state index is 0.579.